The fourth-order valence-electron chi connectivity index (χ4n) is 4.31. The van der Waals surface area contributed by atoms with Crippen LogP contribution in [0.4, 0.5) is 0 Å². The van der Waals surface area contributed by atoms with Gasteiger partial charge in [-0.05, 0) is 23.3 Å². The lowest BCUT2D eigenvalue weighted by molar-refractivity contribution is 0.0597. The maximum atomic E-state index is 13.1. The molecule has 1 fully saturated rings. The summed E-state index contributed by atoms with van der Waals surface area (Å²) in [6, 6.07) is 25.1. The Kier molecular flexibility index (Phi) is 5.77. The van der Waals surface area contributed by atoms with Crippen LogP contribution in [0.1, 0.15) is 27.5 Å². The second-order valence-corrected chi connectivity index (χ2v) is 7.93. The van der Waals surface area contributed by atoms with Crippen molar-refractivity contribution in [2.75, 3.05) is 26.2 Å². The number of hydrogen-bond donors (Lipinski definition) is 0. The minimum absolute atomic E-state index is 0.0327. The van der Waals surface area contributed by atoms with E-state index in [-0.39, 0.29) is 11.9 Å². The van der Waals surface area contributed by atoms with E-state index >= 15 is 0 Å². The lowest BCUT2D eigenvalue weighted by Gasteiger charge is -2.39. The first-order chi connectivity index (χ1) is 15.8. The number of benzene rings is 2. The van der Waals surface area contributed by atoms with Crippen LogP contribution in [0.5, 0.6) is 0 Å². The highest BCUT2D eigenvalue weighted by atomic mass is 16.2. The van der Waals surface area contributed by atoms with Gasteiger partial charge in [0.25, 0.3) is 5.91 Å². The van der Waals surface area contributed by atoms with Gasteiger partial charge in [-0.15, -0.1) is 0 Å². The van der Waals surface area contributed by atoms with Crippen LogP contribution in [-0.4, -0.2) is 56.4 Å². The maximum Gasteiger partial charge on any atom is 0.255 e. The number of carbonyl (C=O) groups excluding carboxylic acids is 1. The quantitative estimate of drug-likeness (QED) is 0.490. The predicted octanol–water partition coefficient (Wildman–Crippen LogP) is 3.81. The van der Waals surface area contributed by atoms with E-state index in [1.54, 1.807) is 18.7 Å². The van der Waals surface area contributed by atoms with E-state index in [1.807, 2.05) is 39.9 Å². The number of imidazole rings is 1. The van der Waals surface area contributed by atoms with Crippen LogP contribution in [0, 0.1) is 0 Å². The van der Waals surface area contributed by atoms with E-state index in [9.17, 15) is 4.79 Å². The van der Waals surface area contributed by atoms with Crippen molar-refractivity contribution in [3.8, 4) is 5.82 Å². The van der Waals surface area contributed by atoms with Gasteiger partial charge in [0.1, 0.15) is 12.1 Å². The molecule has 0 N–H and O–H groups in total. The molecule has 0 saturated carbocycles. The average Bonchev–Trinajstić information content (AvgIpc) is 3.41. The Morgan fingerprint density at radius 2 is 1.47 bits per heavy atom. The highest BCUT2D eigenvalue weighted by molar-refractivity contribution is 5.94. The van der Waals surface area contributed by atoms with E-state index < -0.39 is 0 Å². The van der Waals surface area contributed by atoms with Gasteiger partial charge in [-0.1, -0.05) is 60.7 Å². The first-order valence-electron chi connectivity index (χ1n) is 10.9. The molecule has 4 aromatic rings. The van der Waals surface area contributed by atoms with Crippen molar-refractivity contribution in [1.29, 1.82) is 0 Å². The molecule has 0 unspecified atom stereocenters. The summed E-state index contributed by atoms with van der Waals surface area (Å²) in [7, 11) is 0. The summed E-state index contributed by atoms with van der Waals surface area (Å²) in [6.45, 7) is 3.03. The molecule has 5 rings (SSSR count). The van der Waals surface area contributed by atoms with Crippen LogP contribution in [-0.2, 0) is 0 Å². The summed E-state index contributed by atoms with van der Waals surface area (Å²) in [5.41, 5.74) is 3.17. The second-order valence-electron chi connectivity index (χ2n) is 7.93. The number of nitrogens with zero attached hydrogens (tertiary/aromatic N) is 5. The van der Waals surface area contributed by atoms with Crippen molar-refractivity contribution in [1.82, 2.24) is 24.3 Å². The molecule has 1 aliphatic rings. The average molecular weight is 424 g/mol. The molecule has 0 aliphatic carbocycles. The number of aromatic nitrogens is 3. The Balaban J connectivity index is 1.29. The molecule has 0 bridgehead atoms. The Morgan fingerprint density at radius 3 is 2.00 bits per heavy atom. The van der Waals surface area contributed by atoms with Gasteiger partial charge >= 0.3 is 0 Å². The van der Waals surface area contributed by atoms with Gasteiger partial charge in [-0.25, -0.2) is 9.97 Å². The van der Waals surface area contributed by atoms with Crippen LogP contribution >= 0.6 is 0 Å². The lowest BCUT2D eigenvalue weighted by Crippen LogP contribution is -2.49. The minimum Gasteiger partial charge on any atom is -0.336 e. The van der Waals surface area contributed by atoms with Gasteiger partial charge in [0.15, 0.2) is 0 Å². The van der Waals surface area contributed by atoms with Crippen LogP contribution < -0.4 is 0 Å². The van der Waals surface area contributed by atoms with Crippen molar-refractivity contribution in [3.63, 3.8) is 0 Å². The molecule has 0 spiro atoms. The molecule has 2 aromatic carbocycles. The largest absolute Gasteiger partial charge is 0.336 e. The Morgan fingerprint density at radius 1 is 0.812 bits per heavy atom. The third-order valence-corrected chi connectivity index (χ3v) is 5.96. The molecular formula is C26H25N5O. The first kappa shape index (κ1) is 20.2. The zero-order chi connectivity index (χ0) is 21.8. The van der Waals surface area contributed by atoms with Gasteiger partial charge in [0, 0.05) is 44.8 Å². The Hall–Kier alpha value is -3.77. The van der Waals surface area contributed by atoms with Crippen LogP contribution in [0.15, 0.2) is 97.7 Å². The summed E-state index contributed by atoms with van der Waals surface area (Å²) < 4.78 is 1.82. The van der Waals surface area contributed by atoms with E-state index in [2.05, 4.69) is 63.4 Å². The lowest BCUT2D eigenvalue weighted by atomic mass is 9.96. The van der Waals surface area contributed by atoms with Crippen LogP contribution in [0.2, 0.25) is 0 Å². The molecule has 32 heavy (non-hydrogen) atoms. The highest BCUT2D eigenvalue weighted by Crippen LogP contribution is 2.29. The molecule has 0 atom stereocenters. The number of amides is 1. The van der Waals surface area contributed by atoms with E-state index in [0.717, 1.165) is 18.9 Å². The molecule has 2 aromatic heterocycles. The summed E-state index contributed by atoms with van der Waals surface area (Å²) in [4.78, 5) is 25.9. The number of pyridine rings is 1. The topological polar surface area (TPSA) is 54.3 Å². The fraction of sp³-hybridized carbons (Fsp3) is 0.192. The van der Waals surface area contributed by atoms with Gasteiger partial charge in [-0.3, -0.25) is 14.3 Å². The minimum atomic E-state index is 0.0327. The molecule has 1 amide bonds. The molecule has 6 heteroatoms. The molecule has 1 aliphatic heterocycles. The maximum absolute atomic E-state index is 13.1. The molecule has 0 radical (unpaired) electrons. The molecular weight excluding hydrogens is 398 g/mol. The standard InChI is InChI=1S/C26H25N5O/c32-26(23-11-12-24(28-19-23)31-14-13-27-20-31)30-17-15-29(16-18-30)25(21-7-3-1-4-8-21)22-9-5-2-6-10-22/h1-14,19-20,25H,15-18H2. The van der Waals surface area contributed by atoms with Crippen LogP contribution in [0.25, 0.3) is 5.82 Å². The molecule has 160 valence electrons. The third-order valence-electron chi connectivity index (χ3n) is 5.96. The normalized spacial score (nSPS) is 14.6. The number of carbonyl (C=O) groups is 1. The van der Waals surface area contributed by atoms with E-state index in [4.69, 9.17) is 0 Å². The zero-order valence-corrected chi connectivity index (χ0v) is 17.8. The third kappa shape index (κ3) is 4.18. The van der Waals surface area contributed by atoms with Crippen molar-refractivity contribution in [3.05, 3.63) is 114 Å². The van der Waals surface area contributed by atoms with Gasteiger partial charge in [-0.2, -0.15) is 0 Å². The molecule has 6 nitrogen and oxygen atoms in total. The summed E-state index contributed by atoms with van der Waals surface area (Å²) >= 11 is 0. The smallest absolute Gasteiger partial charge is 0.255 e. The van der Waals surface area contributed by atoms with Crippen molar-refractivity contribution in [2.24, 2.45) is 0 Å². The summed E-state index contributed by atoms with van der Waals surface area (Å²) in [5, 5.41) is 0. The zero-order valence-electron chi connectivity index (χ0n) is 17.8. The molecule has 3 heterocycles. The van der Waals surface area contributed by atoms with E-state index in [1.165, 1.54) is 11.1 Å². The highest BCUT2D eigenvalue weighted by Gasteiger charge is 2.28. The van der Waals surface area contributed by atoms with Gasteiger partial charge < -0.3 is 4.90 Å². The number of piperazine rings is 1. The fourth-order valence-corrected chi connectivity index (χ4v) is 4.31. The van der Waals surface area contributed by atoms with Gasteiger partial charge in [0.05, 0.1) is 11.6 Å². The second kappa shape index (κ2) is 9.16. The summed E-state index contributed by atoms with van der Waals surface area (Å²) in [6.07, 6.45) is 6.89. The molecule has 1 saturated heterocycles. The Labute approximate surface area is 187 Å². The summed E-state index contributed by atoms with van der Waals surface area (Å²) in [5.74, 6) is 0.780. The first-order valence-corrected chi connectivity index (χ1v) is 10.9. The van der Waals surface area contributed by atoms with Gasteiger partial charge in [0.2, 0.25) is 0 Å². The monoisotopic (exact) mass is 423 g/mol. The van der Waals surface area contributed by atoms with Crippen molar-refractivity contribution in [2.45, 2.75) is 6.04 Å². The Bertz CT molecular complexity index is 1100. The number of rotatable bonds is 5. The van der Waals surface area contributed by atoms with E-state index in [0.29, 0.717) is 18.7 Å². The predicted molar refractivity (Wildman–Crippen MR) is 124 cm³/mol. The van der Waals surface area contributed by atoms with Crippen molar-refractivity contribution >= 4 is 5.91 Å². The number of hydrogen-bond acceptors (Lipinski definition) is 4. The van der Waals surface area contributed by atoms with Crippen LogP contribution in [0.3, 0.4) is 0 Å². The van der Waals surface area contributed by atoms with Crippen molar-refractivity contribution < 1.29 is 4.79 Å². The SMILES string of the molecule is O=C(c1ccc(-n2ccnc2)nc1)N1CCN(C(c2ccccc2)c2ccccc2)CC1.